The molecule has 1 heterocycles. The molecule has 116 valence electrons. The Morgan fingerprint density at radius 3 is 2.41 bits per heavy atom. The number of hydrogen-bond acceptors (Lipinski definition) is 3. The second-order valence-electron chi connectivity index (χ2n) is 5.72. The van der Waals surface area contributed by atoms with Crippen LogP contribution < -0.4 is 9.47 Å². The van der Waals surface area contributed by atoms with Crippen molar-refractivity contribution in [2.24, 2.45) is 0 Å². The molecule has 0 saturated heterocycles. The highest BCUT2D eigenvalue weighted by atomic mass is 32.2. The van der Waals surface area contributed by atoms with Crippen LogP contribution in [0.5, 0.6) is 11.5 Å². The number of hydrogen-bond donors (Lipinski definition) is 0. The van der Waals surface area contributed by atoms with E-state index in [1.165, 1.54) is 16.0 Å². The van der Waals surface area contributed by atoms with Crippen LogP contribution in [0.3, 0.4) is 0 Å². The summed E-state index contributed by atoms with van der Waals surface area (Å²) in [6, 6.07) is 15.0. The summed E-state index contributed by atoms with van der Waals surface area (Å²) in [5.74, 6) is 2.61. The average Bonchev–Trinajstić information content (AvgIpc) is 2.60. The van der Waals surface area contributed by atoms with E-state index < -0.39 is 0 Å². The summed E-state index contributed by atoms with van der Waals surface area (Å²) in [6.45, 7) is 5.86. The molecule has 2 atom stereocenters. The highest BCUT2D eigenvalue weighted by molar-refractivity contribution is 7.98. The third-order valence-electron chi connectivity index (χ3n) is 4.47. The van der Waals surface area contributed by atoms with Gasteiger partial charge in [0.15, 0.2) is 11.5 Å². The summed E-state index contributed by atoms with van der Waals surface area (Å²) in [5.41, 5.74) is 2.71. The van der Waals surface area contributed by atoms with Crippen LogP contribution in [-0.4, -0.2) is 19.5 Å². The predicted octanol–water partition coefficient (Wildman–Crippen LogP) is 5.09. The Hall–Kier alpha value is -1.61. The van der Waals surface area contributed by atoms with Gasteiger partial charge in [-0.1, -0.05) is 38.1 Å². The molecular formula is C19H22O2S. The Morgan fingerprint density at radius 2 is 1.64 bits per heavy atom. The first kappa shape index (κ1) is 15.3. The van der Waals surface area contributed by atoms with Crippen LogP contribution in [0.2, 0.25) is 0 Å². The van der Waals surface area contributed by atoms with Crippen LogP contribution in [0.15, 0.2) is 47.4 Å². The van der Waals surface area contributed by atoms with Gasteiger partial charge in [-0.15, -0.1) is 11.8 Å². The first-order chi connectivity index (χ1) is 10.7. The molecule has 1 aliphatic rings. The molecule has 0 fully saturated rings. The minimum absolute atomic E-state index is 0.420. The highest BCUT2D eigenvalue weighted by Crippen LogP contribution is 2.40. The third-order valence-corrected chi connectivity index (χ3v) is 5.28. The van der Waals surface area contributed by atoms with E-state index in [4.69, 9.17) is 9.47 Å². The molecule has 3 rings (SSSR count). The maximum Gasteiger partial charge on any atom is 0.161 e. The predicted molar refractivity (Wildman–Crippen MR) is 92.5 cm³/mol. The zero-order valence-electron chi connectivity index (χ0n) is 13.3. The van der Waals surface area contributed by atoms with Crippen molar-refractivity contribution in [1.82, 2.24) is 0 Å². The van der Waals surface area contributed by atoms with Crippen LogP contribution >= 0.6 is 11.8 Å². The first-order valence-corrected chi connectivity index (χ1v) is 8.95. The van der Waals surface area contributed by atoms with E-state index in [1.807, 2.05) is 17.8 Å². The van der Waals surface area contributed by atoms with Crippen molar-refractivity contribution >= 4 is 11.8 Å². The number of rotatable bonds is 4. The van der Waals surface area contributed by atoms with Crippen LogP contribution in [0.4, 0.5) is 0 Å². The molecule has 0 saturated carbocycles. The molecule has 0 aromatic heterocycles. The van der Waals surface area contributed by atoms with Crippen molar-refractivity contribution in [3.8, 4) is 11.5 Å². The molecule has 0 amide bonds. The lowest BCUT2D eigenvalue weighted by atomic mass is 9.84. The van der Waals surface area contributed by atoms with E-state index in [-0.39, 0.29) is 0 Å². The maximum absolute atomic E-state index is 5.72. The molecule has 1 aliphatic heterocycles. The molecule has 0 spiro atoms. The van der Waals surface area contributed by atoms with E-state index in [0.29, 0.717) is 25.0 Å². The van der Waals surface area contributed by atoms with Gasteiger partial charge < -0.3 is 9.47 Å². The minimum atomic E-state index is 0.420. The largest absolute Gasteiger partial charge is 0.486 e. The van der Waals surface area contributed by atoms with Gasteiger partial charge in [-0.05, 0) is 47.4 Å². The van der Waals surface area contributed by atoms with E-state index in [9.17, 15) is 0 Å². The Labute approximate surface area is 136 Å². The molecule has 0 N–H and O–H groups in total. The van der Waals surface area contributed by atoms with Crippen molar-refractivity contribution in [2.45, 2.75) is 30.6 Å². The summed E-state index contributed by atoms with van der Waals surface area (Å²) in [7, 11) is 0. The Morgan fingerprint density at radius 1 is 0.909 bits per heavy atom. The number of ether oxygens (including phenoxy) is 2. The lowest BCUT2D eigenvalue weighted by Gasteiger charge is -2.25. The lowest BCUT2D eigenvalue weighted by molar-refractivity contribution is 0.171. The molecule has 2 unspecified atom stereocenters. The zero-order chi connectivity index (χ0) is 15.5. The fourth-order valence-corrected chi connectivity index (χ4v) is 3.65. The monoisotopic (exact) mass is 314 g/mol. The second-order valence-corrected chi connectivity index (χ2v) is 6.57. The van der Waals surface area contributed by atoms with Crippen LogP contribution in [0.1, 0.15) is 36.8 Å². The second kappa shape index (κ2) is 6.66. The minimum Gasteiger partial charge on any atom is -0.486 e. The van der Waals surface area contributed by atoms with Gasteiger partial charge in [0.2, 0.25) is 0 Å². The van der Waals surface area contributed by atoms with E-state index in [0.717, 1.165) is 11.5 Å². The highest BCUT2D eigenvalue weighted by Gasteiger charge is 2.21. The summed E-state index contributed by atoms with van der Waals surface area (Å²) in [6.07, 6.45) is 2.14. The molecule has 2 nitrogen and oxygen atoms in total. The quantitative estimate of drug-likeness (QED) is 0.733. The molecule has 2 aromatic rings. The fourth-order valence-electron chi connectivity index (χ4n) is 2.94. The van der Waals surface area contributed by atoms with Gasteiger partial charge in [0.1, 0.15) is 13.2 Å². The van der Waals surface area contributed by atoms with Gasteiger partial charge in [0.25, 0.3) is 0 Å². The standard InChI is InChI=1S/C19H22O2S/c1-13(14(2)16-6-4-5-7-19(16)22-3)15-8-9-17-18(12-15)21-11-10-20-17/h4-9,12-14H,10-11H2,1-3H3. The average molecular weight is 314 g/mol. The normalized spacial score (nSPS) is 16.1. The van der Waals surface area contributed by atoms with Crippen LogP contribution in [-0.2, 0) is 0 Å². The number of benzene rings is 2. The summed E-state index contributed by atoms with van der Waals surface area (Å²) in [5, 5.41) is 0. The zero-order valence-corrected chi connectivity index (χ0v) is 14.2. The van der Waals surface area contributed by atoms with E-state index in [2.05, 4.69) is 56.5 Å². The summed E-state index contributed by atoms with van der Waals surface area (Å²) >= 11 is 1.81. The van der Waals surface area contributed by atoms with E-state index in [1.54, 1.807) is 0 Å². The van der Waals surface area contributed by atoms with Crippen molar-refractivity contribution < 1.29 is 9.47 Å². The van der Waals surface area contributed by atoms with Crippen LogP contribution in [0, 0.1) is 0 Å². The maximum atomic E-state index is 5.72. The topological polar surface area (TPSA) is 18.5 Å². The fraction of sp³-hybridized carbons (Fsp3) is 0.368. The molecule has 0 aliphatic carbocycles. The van der Waals surface area contributed by atoms with Gasteiger partial charge >= 0.3 is 0 Å². The number of thioether (sulfide) groups is 1. The Balaban J connectivity index is 1.88. The lowest BCUT2D eigenvalue weighted by Crippen LogP contribution is -2.16. The Kier molecular flexibility index (Phi) is 4.63. The van der Waals surface area contributed by atoms with Gasteiger partial charge in [-0.2, -0.15) is 0 Å². The summed E-state index contributed by atoms with van der Waals surface area (Å²) < 4.78 is 11.3. The molecule has 22 heavy (non-hydrogen) atoms. The van der Waals surface area contributed by atoms with Crippen molar-refractivity contribution in [3.63, 3.8) is 0 Å². The van der Waals surface area contributed by atoms with Gasteiger partial charge in [-0.3, -0.25) is 0 Å². The molecule has 2 aromatic carbocycles. The van der Waals surface area contributed by atoms with E-state index >= 15 is 0 Å². The van der Waals surface area contributed by atoms with Crippen molar-refractivity contribution in [1.29, 1.82) is 0 Å². The molecule has 0 radical (unpaired) electrons. The van der Waals surface area contributed by atoms with Crippen molar-refractivity contribution in [2.75, 3.05) is 19.5 Å². The SMILES string of the molecule is CSc1ccccc1C(C)C(C)c1ccc2c(c1)OCCO2. The Bertz CT molecular complexity index is 654. The smallest absolute Gasteiger partial charge is 0.161 e. The summed E-state index contributed by atoms with van der Waals surface area (Å²) in [4.78, 5) is 1.36. The number of fused-ring (bicyclic) bond motifs is 1. The molecule has 0 bridgehead atoms. The van der Waals surface area contributed by atoms with Crippen LogP contribution in [0.25, 0.3) is 0 Å². The first-order valence-electron chi connectivity index (χ1n) is 7.73. The van der Waals surface area contributed by atoms with Crippen molar-refractivity contribution in [3.05, 3.63) is 53.6 Å². The molecular weight excluding hydrogens is 292 g/mol. The van der Waals surface area contributed by atoms with Gasteiger partial charge in [-0.25, -0.2) is 0 Å². The molecule has 3 heteroatoms. The van der Waals surface area contributed by atoms with Gasteiger partial charge in [0, 0.05) is 4.90 Å². The van der Waals surface area contributed by atoms with Gasteiger partial charge in [0.05, 0.1) is 0 Å². The third kappa shape index (κ3) is 2.95.